The van der Waals surface area contributed by atoms with Crippen molar-refractivity contribution in [3.63, 3.8) is 0 Å². The summed E-state index contributed by atoms with van der Waals surface area (Å²) in [5.41, 5.74) is 1.10. The maximum atomic E-state index is 14.4. The van der Waals surface area contributed by atoms with Crippen LogP contribution in [0.15, 0.2) is 11.1 Å². The molecule has 146 valence electrons. The highest BCUT2D eigenvalue weighted by molar-refractivity contribution is 6.00. The van der Waals surface area contributed by atoms with E-state index < -0.39 is 12.3 Å². The lowest BCUT2D eigenvalue weighted by Crippen LogP contribution is -2.53. The molecule has 1 saturated heterocycles. The summed E-state index contributed by atoms with van der Waals surface area (Å²) in [5.74, 6) is -0.823. The molecule has 6 atom stereocenters. The Morgan fingerprint density at radius 1 is 1.27 bits per heavy atom. The molecular formula is C19H29F2N3O2. The summed E-state index contributed by atoms with van der Waals surface area (Å²) in [4.78, 5) is 24.8. The van der Waals surface area contributed by atoms with Gasteiger partial charge in [-0.15, -0.1) is 0 Å². The summed E-state index contributed by atoms with van der Waals surface area (Å²) in [7, 11) is 0. The summed E-state index contributed by atoms with van der Waals surface area (Å²) in [6.45, 7) is 3.97. The molecule has 5 unspecified atom stereocenters. The third kappa shape index (κ3) is 4.08. The predicted octanol–water partition coefficient (Wildman–Crippen LogP) is 1.92. The van der Waals surface area contributed by atoms with E-state index in [1.54, 1.807) is 6.92 Å². The Bertz CT molecular complexity index is 587. The minimum atomic E-state index is -0.966. The predicted molar refractivity (Wildman–Crippen MR) is 95.0 cm³/mol. The van der Waals surface area contributed by atoms with Crippen LogP contribution in [0.4, 0.5) is 8.78 Å². The van der Waals surface area contributed by atoms with Crippen molar-refractivity contribution in [1.29, 1.82) is 0 Å². The molecule has 3 aliphatic rings. The summed E-state index contributed by atoms with van der Waals surface area (Å²) in [6, 6.07) is -0.282. The van der Waals surface area contributed by atoms with Crippen LogP contribution in [-0.4, -0.2) is 48.8 Å². The van der Waals surface area contributed by atoms with Gasteiger partial charge in [-0.25, -0.2) is 8.78 Å². The number of hydrogen-bond donors (Lipinski definition) is 3. The van der Waals surface area contributed by atoms with Crippen LogP contribution in [0.5, 0.6) is 0 Å². The van der Waals surface area contributed by atoms with Crippen molar-refractivity contribution in [2.24, 2.45) is 5.92 Å². The van der Waals surface area contributed by atoms with E-state index in [0.717, 1.165) is 12.8 Å². The molecule has 26 heavy (non-hydrogen) atoms. The molecule has 2 heterocycles. The summed E-state index contributed by atoms with van der Waals surface area (Å²) >= 11 is 0. The lowest BCUT2D eigenvalue weighted by atomic mass is 9.74. The number of amides is 2. The van der Waals surface area contributed by atoms with Crippen molar-refractivity contribution in [3.05, 3.63) is 11.1 Å². The highest BCUT2D eigenvalue weighted by Crippen LogP contribution is 2.37. The van der Waals surface area contributed by atoms with Crippen molar-refractivity contribution < 1.29 is 18.4 Å². The number of carbonyl (C=O) groups excluding carboxylic acids is 2. The van der Waals surface area contributed by atoms with Crippen molar-refractivity contribution in [3.8, 4) is 0 Å². The number of nitrogens with one attached hydrogen (secondary N) is 3. The number of hydrogen-bond acceptors (Lipinski definition) is 3. The van der Waals surface area contributed by atoms with E-state index >= 15 is 0 Å². The standard InChI is InChI=1S/C19H29F2N3O2/c1-10-13(19(26)24-16-5-3-4-14(21)18(10)16)8-17(25)23-11(2)15-7-6-12(20)9-22-15/h11-12,14-16,18,22H,3-9H2,1-2H3,(H,23,25)(H,24,26)/t11-,12?,14?,15?,16?,18?/m0/s1. The molecule has 3 rings (SSSR count). The van der Waals surface area contributed by atoms with Gasteiger partial charge in [0.25, 0.3) is 0 Å². The Hall–Kier alpha value is -1.50. The fraction of sp³-hybridized carbons (Fsp3) is 0.789. The number of alkyl halides is 2. The highest BCUT2D eigenvalue weighted by atomic mass is 19.1. The van der Waals surface area contributed by atoms with Crippen LogP contribution in [0.2, 0.25) is 0 Å². The molecule has 5 nitrogen and oxygen atoms in total. The minimum Gasteiger partial charge on any atom is -0.352 e. The van der Waals surface area contributed by atoms with E-state index in [-0.39, 0.29) is 42.3 Å². The fourth-order valence-electron chi connectivity index (χ4n) is 4.57. The average molecular weight is 369 g/mol. The Balaban J connectivity index is 1.62. The Labute approximate surface area is 153 Å². The lowest BCUT2D eigenvalue weighted by Gasteiger charge is -2.40. The number of halogens is 2. The van der Waals surface area contributed by atoms with Gasteiger partial charge in [-0.05, 0) is 46.0 Å². The van der Waals surface area contributed by atoms with Crippen LogP contribution in [0.25, 0.3) is 0 Å². The zero-order valence-corrected chi connectivity index (χ0v) is 15.5. The monoisotopic (exact) mass is 369 g/mol. The van der Waals surface area contributed by atoms with Gasteiger partial charge in [-0.2, -0.15) is 0 Å². The molecule has 2 fully saturated rings. The van der Waals surface area contributed by atoms with Gasteiger partial charge in [0.2, 0.25) is 11.8 Å². The molecule has 3 N–H and O–H groups in total. The van der Waals surface area contributed by atoms with Gasteiger partial charge < -0.3 is 16.0 Å². The number of piperidine rings is 1. The van der Waals surface area contributed by atoms with Crippen LogP contribution in [0, 0.1) is 5.92 Å². The zero-order valence-electron chi connectivity index (χ0n) is 15.5. The second-order valence-electron chi connectivity index (χ2n) is 7.94. The summed E-state index contributed by atoms with van der Waals surface area (Å²) in [6.07, 6.45) is 1.38. The van der Waals surface area contributed by atoms with E-state index in [9.17, 15) is 18.4 Å². The SMILES string of the molecule is CC1=C(CC(=O)N[C@@H](C)C2CCC(F)CN2)C(=O)NC2CCCC(F)C12. The molecule has 0 aromatic rings. The van der Waals surface area contributed by atoms with Gasteiger partial charge in [0, 0.05) is 36.2 Å². The molecular weight excluding hydrogens is 340 g/mol. The first-order chi connectivity index (χ1) is 12.4. The smallest absolute Gasteiger partial charge is 0.247 e. The average Bonchev–Trinajstić information content (AvgIpc) is 2.59. The third-order valence-electron chi connectivity index (χ3n) is 6.11. The molecule has 0 aromatic carbocycles. The first kappa shape index (κ1) is 19.3. The van der Waals surface area contributed by atoms with Crippen LogP contribution in [0.3, 0.4) is 0 Å². The van der Waals surface area contributed by atoms with E-state index in [1.165, 1.54) is 0 Å². The number of rotatable bonds is 4. The fourth-order valence-corrected chi connectivity index (χ4v) is 4.57. The minimum absolute atomic E-state index is 0.0270. The zero-order chi connectivity index (χ0) is 18.8. The summed E-state index contributed by atoms with van der Waals surface area (Å²) < 4.78 is 27.6. The van der Waals surface area contributed by atoms with Crippen molar-refractivity contribution >= 4 is 11.8 Å². The van der Waals surface area contributed by atoms with Gasteiger partial charge in [0.05, 0.1) is 6.42 Å². The molecule has 0 radical (unpaired) electrons. The van der Waals surface area contributed by atoms with E-state index in [1.807, 2.05) is 6.92 Å². The van der Waals surface area contributed by atoms with Crippen molar-refractivity contribution in [2.75, 3.05) is 6.54 Å². The van der Waals surface area contributed by atoms with Crippen molar-refractivity contribution in [1.82, 2.24) is 16.0 Å². The molecule has 1 aliphatic carbocycles. The molecule has 0 spiro atoms. The Morgan fingerprint density at radius 2 is 2.04 bits per heavy atom. The van der Waals surface area contributed by atoms with Crippen molar-refractivity contribution in [2.45, 2.75) is 82.8 Å². The summed E-state index contributed by atoms with van der Waals surface area (Å²) in [5, 5.41) is 8.90. The largest absolute Gasteiger partial charge is 0.352 e. The molecule has 2 aliphatic heterocycles. The van der Waals surface area contributed by atoms with Crippen LogP contribution in [-0.2, 0) is 9.59 Å². The lowest BCUT2D eigenvalue weighted by molar-refractivity contribution is -0.125. The third-order valence-corrected chi connectivity index (χ3v) is 6.11. The second-order valence-corrected chi connectivity index (χ2v) is 7.94. The van der Waals surface area contributed by atoms with Gasteiger partial charge >= 0.3 is 0 Å². The normalized spacial score (nSPS) is 36.2. The topological polar surface area (TPSA) is 70.2 Å². The van der Waals surface area contributed by atoms with E-state index in [0.29, 0.717) is 37.0 Å². The first-order valence-electron chi connectivity index (χ1n) is 9.68. The number of fused-ring (bicyclic) bond motifs is 1. The van der Waals surface area contributed by atoms with Gasteiger partial charge in [-0.3, -0.25) is 9.59 Å². The van der Waals surface area contributed by atoms with Gasteiger partial charge in [0.1, 0.15) is 12.3 Å². The van der Waals surface area contributed by atoms with Crippen LogP contribution in [0.1, 0.15) is 52.4 Å². The maximum absolute atomic E-state index is 14.4. The van der Waals surface area contributed by atoms with Crippen LogP contribution >= 0.6 is 0 Å². The van der Waals surface area contributed by atoms with Gasteiger partial charge in [0.15, 0.2) is 0 Å². The molecule has 0 aromatic heterocycles. The second kappa shape index (κ2) is 8.03. The molecule has 2 amide bonds. The van der Waals surface area contributed by atoms with Gasteiger partial charge in [-0.1, -0.05) is 5.57 Å². The Morgan fingerprint density at radius 3 is 2.73 bits per heavy atom. The maximum Gasteiger partial charge on any atom is 0.247 e. The first-order valence-corrected chi connectivity index (χ1v) is 9.68. The van der Waals surface area contributed by atoms with Crippen LogP contribution < -0.4 is 16.0 Å². The quantitative estimate of drug-likeness (QED) is 0.709. The Kier molecular flexibility index (Phi) is 5.95. The molecule has 1 saturated carbocycles. The molecule has 0 bridgehead atoms. The van der Waals surface area contributed by atoms with E-state index in [4.69, 9.17) is 0 Å². The van der Waals surface area contributed by atoms with E-state index in [2.05, 4.69) is 16.0 Å². The number of carbonyl (C=O) groups is 2. The highest BCUT2D eigenvalue weighted by Gasteiger charge is 2.41. The molecule has 7 heteroatoms.